The maximum Gasteiger partial charge on any atom is 0.325 e. The van der Waals surface area contributed by atoms with E-state index in [9.17, 15) is 9.59 Å². The standard InChI is InChI=1S/C13H19NO3S/c1-4-17-13(16)8-14(10(2)3)12(15)7-11-5-6-18-9-11/h5-6,9-10H,4,7-8H2,1-3H3. The summed E-state index contributed by atoms with van der Waals surface area (Å²) in [6.07, 6.45) is 0.334. The van der Waals surface area contributed by atoms with Crippen molar-refractivity contribution in [3.8, 4) is 0 Å². The largest absolute Gasteiger partial charge is 0.465 e. The van der Waals surface area contributed by atoms with Gasteiger partial charge in [-0.25, -0.2) is 0 Å². The van der Waals surface area contributed by atoms with Crippen LogP contribution in [0.1, 0.15) is 26.3 Å². The normalized spacial score (nSPS) is 10.4. The fraction of sp³-hybridized carbons (Fsp3) is 0.538. The lowest BCUT2D eigenvalue weighted by Crippen LogP contribution is -2.42. The molecule has 0 saturated carbocycles. The van der Waals surface area contributed by atoms with Gasteiger partial charge in [0.05, 0.1) is 13.0 Å². The van der Waals surface area contributed by atoms with Gasteiger partial charge in [0.1, 0.15) is 6.54 Å². The summed E-state index contributed by atoms with van der Waals surface area (Å²) in [6.45, 7) is 5.90. The molecule has 0 fully saturated rings. The number of nitrogens with zero attached hydrogens (tertiary/aromatic N) is 1. The van der Waals surface area contributed by atoms with Gasteiger partial charge < -0.3 is 9.64 Å². The Bertz CT molecular complexity index is 387. The van der Waals surface area contributed by atoms with Crippen molar-refractivity contribution in [3.05, 3.63) is 22.4 Å². The van der Waals surface area contributed by atoms with E-state index >= 15 is 0 Å². The number of carbonyl (C=O) groups excluding carboxylic acids is 2. The summed E-state index contributed by atoms with van der Waals surface area (Å²) in [5, 5.41) is 3.88. The molecule has 0 saturated heterocycles. The summed E-state index contributed by atoms with van der Waals surface area (Å²) >= 11 is 1.56. The third-order valence-corrected chi connectivity index (χ3v) is 3.22. The molecule has 18 heavy (non-hydrogen) atoms. The molecule has 1 rings (SSSR count). The zero-order valence-electron chi connectivity index (χ0n) is 11.0. The number of carbonyl (C=O) groups is 2. The molecule has 0 spiro atoms. The van der Waals surface area contributed by atoms with Gasteiger partial charge in [-0.3, -0.25) is 9.59 Å². The first-order valence-corrected chi connectivity index (χ1v) is 6.95. The second-order valence-electron chi connectivity index (χ2n) is 4.23. The van der Waals surface area contributed by atoms with Crippen molar-refractivity contribution in [2.24, 2.45) is 0 Å². The van der Waals surface area contributed by atoms with E-state index < -0.39 is 0 Å². The van der Waals surface area contributed by atoms with E-state index in [2.05, 4.69) is 0 Å². The molecule has 0 radical (unpaired) electrons. The molecule has 1 aromatic heterocycles. The average Bonchev–Trinajstić information content (AvgIpc) is 2.78. The molecule has 0 aliphatic carbocycles. The fourth-order valence-electron chi connectivity index (χ4n) is 1.57. The molecule has 0 aliphatic heterocycles. The quantitative estimate of drug-likeness (QED) is 0.743. The van der Waals surface area contributed by atoms with Crippen molar-refractivity contribution in [2.75, 3.05) is 13.2 Å². The maximum absolute atomic E-state index is 12.1. The third kappa shape index (κ3) is 4.49. The van der Waals surface area contributed by atoms with Crippen LogP contribution in [0.15, 0.2) is 16.8 Å². The highest BCUT2D eigenvalue weighted by Gasteiger charge is 2.20. The van der Waals surface area contributed by atoms with Crippen LogP contribution in [0.2, 0.25) is 0 Å². The van der Waals surface area contributed by atoms with Crippen LogP contribution in [0.3, 0.4) is 0 Å². The Kier molecular flexibility index (Phi) is 5.85. The van der Waals surface area contributed by atoms with Gasteiger partial charge in [-0.15, -0.1) is 0 Å². The van der Waals surface area contributed by atoms with Crippen LogP contribution in [0.4, 0.5) is 0 Å². The van der Waals surface area contributed by atoms with Gasteiger partial charge in [-0.2, -0.15) is 11.3 Å². The maximum atomic E-state index is 12.1. The predicted octanol–water partition coefficient (Wildman–Crippen LogP) is 2.09. The smallest absolute Gasteiger partial charge is 0.325 e. The summed E-state index contributed by atoms with van der Waals surface area (Å²) < 4.78 is 4.88. The monoisotopic (exact) mass is 269 g/mol. The van der Waals surface area contributed by atoms with Crippen LogP contribution >= 0.6 is 11.3 Å². The van der Waals surface area contributed by atoms with Gasteiger partial charge in [0.15, 0.2) is 0 Å². The lowest BCUT2D eigenvalue weighted by atomic mass is 10.2. The first-order valence-electron chi connectivity index (χ1n) is 6.00. The summed E-state index contributed by atoms with van der Waals surface area (Å²) in [7, 11) is 0. The van der Waals surface area contributed by atoms with E-state index in [0.29, 0.717) is 13.0 Å². The lowest BCUT2D eigenvalue weighted by molar-refractivity contribution is -0.149. The van der Waals surface area contributed by atoms with E-state index in [1.54, 1.807) is 23.2 Å². The van der Waals surface area contributed by atoms with Gasteiger partial charge in [0.25, 0.3) is 0 Å². The first kappa shape index (κ1) is 14.7. The van der Waals surface area contributed by atoms with Gasteiger partial charge in [-0.05, 0) is 43.2 Å². The Hall–Kier alpha value is -1.36. The number of rotatable bonds is 6. The first-order chi connectivity index (χ1) is 8.54. The van der Waals surface area contributed by atoms with Crippen molar-refractivity contribution >= 4 is 23.2 Å². The van der Waals surface area contributed by atoms with Crippen LogP contribution < -0.4 is 0 Å². The minimum atomic E-state index is -0.357. The third-order valence-electron chi connectivity index (χ3n) is 2.48. The van der Waals surface area contributed by atoms with E-state index in [-0.39, 0.29) is 24.5 Å². The number of amides is 1. The summed E-state index contributed by atoms with van der Waals surface area (Å²) in [5.74, 6) is -0.402. The molecule has 0 unspecified atom stereocenters. The number of thiophene rings is 1. The zero-order valence-corrected chi connectivity index (χ0v) is 11.8. The van der Waals surface area contributed by atoms with Crippen LogP contribution in [0.25, 0.3) is 0 Å². The number of ether oxygens (including phenoxy) is 1. The van der Waals surface area contributed by atoms with Gasteiger partial charge in [0, 0.05) is 6.04 Å². The average molecular weight is 269 g/mol. The molecule has 1 aromatic rings. The predicted molar refractivity (Wildman–Crippen MR) is 71.5 cm³/mol. The van der Waals surface area contributed by atoms with E-state index in [0.717, 1.165) is 5.56 Å². The van der Waals surface area contributed by atoms with Crippen LogP contribution in [-0.2, 0) is 20.7 Å². The van der Waals surface area contributed by atoms with Crippen LogP contribution in [0.5, 0.6) is 0 Å². The van der Waals surface area contributed by atoms with Crippen LogP contribution in [0, 0.1) is 0 Å². The molecule has 100 valence electrons. The molecule has 0 bridgehead atoms. The molecule has 0 aromatic carbocycles. The van der Waals surface area contributed by atoms with Gasteiger partial charge in [0.2, 0.25) is 5.91 Å². The second-order valence-corrected chi connectivity index (χ2v) is 5.01. The van der Waals surface area contributed by atoms with E-state index in [4.69, 9.17) is 4.74 Å². The highest BCUT2D eigenvalue weighted by Crippen LogP contribution is 2.10. The number of hydrogen-bond donors (Lipinski definition) is 0. The molecule has 0 atom stereocenters. The molecule has 1 heterocycles. The van der Waals surface area contributed by atoms with Crippen LogP contribution in [-0.4, -0.2) is 36.0 Å². The van der Waals surface area contributed by atoms with Crippen molar-refractivity contribution in [2.45, 2.75) is 33.2 Å². The van der Waals surface area contributed by atoms with Gasteiger partial charge in [-0.1, -0.05) is 0 Å². The SMILES string of the molecule is CCOC(=O)CN(C(=O)Cc1ccsc1)C(C)C. The highest BCUT2D eigenvalue weighted by atomic mass is 32.1. The topological polar surface area (TPSA) is 46.6 Å². The van der Waals surface area contributed by atoms with Crippen molar-refractivity contribution in [3.63, 3.8) is 0 Å². The van der Waals surface area contributed by atoms with Crippen molar-refractivity contribution in [1.29, 1.82) is 0 Å². The summed E-state index contributed by atoms with van der Waals surface area (Å²) in [4.78, 5) is 25.1. The lowest BCUT2D eigenvalue weighted by Gasteiger charge is -2.25. The Morgan fingerprint density at radius 1 is 1.44 bits per heavy atom. The molecule has 5 heteroatoms. The molecule has 0 N–H and O–H groups in total. The minimum absolute atomic E-state index is 0.0134. The molecular weight excluding hydrogens is 250 g/mol. The Balaban J connectivity index is 2.61. The number of hydrogen-bond acceptors (Lipinski definition) is 4. The van der Waals surface area contributed by atoms with Gasteiger partial charge >= 0.3 is 5.97 Å². The second kappa shape index (κ2) is 7.16. The summed E-state index contributed by atoms with van der Waals surface area (Å²) in [6, 6.07) is 1.91. The van der Waals surface area contributed by atoms with E-state index in [1.165, 1.54) is 0 Å². The van der Waals surface area contributed by atoms with E-state index in [1.807, 2.05) is 30.7 Å². The minimum Gasteiger partial charge on any atom is -0.465 e. The molecular formula is C13H19NO3S. The Morgan fingerprint density at radius 3 is 2.67 bits per heavy atom. The Morgan fingerprint density at radius 2 is 2.17 bits per heavy atom. The Labute approximate surface area is 112 Å². The zero-order chi connectivity index (χ0) is 13.5. The number of esters is 1. The molecule has 4 nitrogen and oxygen atoms in total. The fourth-order valence-corrected chi connectivity index (χ4v) is 2.24. The molecule has 0 aliphatic rings. The molecule has 1 amide bonds. The van der Waals surface area contributed by atoms with Crippen molar-refractivity contribution < 1.29 is 14.3 Å². The van der Waals surface area contributed by atoms with Crippen molar-refractivity contribution in [1.82, 2.24) is 4.90 Å². The summed E-state index contributed by atoms with van der Waals surface area (Å²) in [5.41, 5.74) is 0.986. The highest BCUT2D eigenvalue weighted by molar-refractivity contribution is 7.07.